The van der Waals surface area contributed by atoms with Crippen LogP contribution in [-0.2, 0) is 14.8 Å². The zero-order valence-electron chi connectivity index (χ0n) is 16.5. The van der Waals surface area contributed by atoms with Gasteiger partial charge in [0, 0.05) is 19.0 Å². The van der Waals surface area contributed by atoms with Gasteiger partial charge < -0.3 is 5.11 Å². The van der Waals surface area contributed by atoms with Gasteiger partial charge in [0.15, 0.2) is 0 Å². The fraction of sp³-hybridized carbons (Fsp3) is 0.286. The van der Waals surface area contributed by atoms with Crippen LogP contribution < -0.4 is 5.43 Å². The number of amides is 1. The summed E-state index contributed by atoms with van der Waals surface area (Å²) in [4.78, 5) is 23.4. The van der Waals surface area contributed by atoms with Gasteiger partial charge in [-0.1, -0.05) is 29.8 Å². The highest BCUT2D eigenvalue weighted by atomic mass is 32.2. The maximum atomic E-state index is 12.7. The van der Waals surface area contributed by atoms with Crippen molar-refractivity contribution in [1.29, 1.82) is 0 Å². The largest absolute Gasteiger partial charge is 0.478 e. The SMILES string of the molecule is Cc1ccc(S(=O)(=O)N2CCC(C(=O)N/N=C\c3ccc(C(=O)O)cc3)CC2)cc1. The van der Waals surface area contributed by atoms with Crippen LogP contribution in [-0.4, -0.2) is 49.0 Å². The Labute approximate surface area is 175 Å². The molecule has 1 saturated heterocycles. The lowest BCUT2D eigenvalue weighted by atomic mass is 9.98. The summed E-state index contributed by atoms with van der Waals surface area (Å²) in [7, 11) is -3.56. The normalized spacial score (nSPS) is 15.9. The molecule has 0 saturated carbocycles. The molecular weight excluding hydrogens is 406 g/mol. The van der Waals surface area contributed by atoms with Crippen LogP contribution >= 0.6 is 0 Å². The smallest absolute Gasteiger partial charge is 0.335 e. The highest BCUT2D eigenvalue weighted by Crippen LogP contribution is 2.24. The number of hydrogen-bond acceptors (Lipinski definition) is 5. The molecule has 8 nitrogen and oxygen atoms in total. The molecule has 2 aromatic rings. The van der Waals surface area contributed by atoms with Crippen LogP contribution in [0.15, 0.2) is 58.5 Å². The van der Waals surface area contributed by atoms with Crippen LogP contribution in [0.4, 0.5) is 0 Å². The van der Waals surface area contributed by atoms with E-state index in [1.165, 1.54) is 22.7 Å². The molecular formula is C21H23N3O5S. The maximum absolute atomic E-state index is 12.7. The lowest BCUT2D eigenvalue weighted by molar-refractivity contribution is -0.126. The second-order valence-corrected chi connectivity index (χ2v) is 9.09. The number of carboxylic acid groups (broad SMARTS) is 1. The van der Waals surface area contributed by atoms with Crippen molar-refractivity contribution in [2.75, 3.05) is 13.1 Å². The molecule has 1 aliphatic rings. The van der Waals surface area contributed by atoms with Gasteiger partial charge in [-0.2, -0.15) is 9.41 Å². The first-order valence-corrected chi connectivity index (χ1v) is 10.9. The molecule has 3 rings (SSSR count). The number of benzene rings is 2. The highest BCUT2D eigenvalue weighted by Gasteiger charge is 2.32. The van der Waals surface area contributed by atoms with E-state index in [0.29, 0.717) is 18.4 Å². The van der Waals surface area contributed by atoms with E-state index in [4.69, 9.17) is 5.11 Å². The molecule has 1 aliphatic heterocycles. The van der Waals surface area contributed by atoms with E-state index >= 15 is 0 Å². The van der Waals surface area contributed by atoms with Crippen molar-refractivity contribution in [3.8, 4) is 0 Å². The van der Waals surface area contributed by atoms with E-state index < -0.39 is 16.0 Å². The minimum Gasteiger partial charge on any atom is -0.478 e. The summed E-state index contributed by atoms with van der Waals surface area (Å²) in [6.45, 7) is 2.44. The number of aromatic carboxylic acids is 1. The molecule has 9 heteroatoms. The third-order valence-corrected chi connectivity index (χ3v) is 6.94. The first-order valence-electron chi connectivity index (χ1n) is 9.50. The summed E-state index contributed by atoms with van der Waals surface area (Å²) in [6.07, 6.45) is 2.26. The number of hydrogen-bond donors (Lipinski definition) is 2. The molecule has 2 N–H and O–H groups in total. The Bertz CT molecular complexity index is 1040. The molecule has 0 aliphatic carbocycles. The van der Waals surface area contributed by atoms with Crippen LogP contribution in [0.1, 0.15) is 34.3 Å². The van der Waals surface area contributed by atoms with Gasteiger partial charge in [0.05, 0.1) is 16.7 Å². The number of rotatable bonds is 6. The van der Waals surface area contributed by atoms with E-state index in [-0.39, 0.29) is 35.4 Å². The first kappa shape index (κ1) is 21.7. The minimum atomic E-state index is -3.56. The standard InChI is InChI=1S/C21H23N3O5S/c1-15-2-8-19(9-3-15)30(28,29)24-12-10-17(11-13-24)20(25)23-22-14-16-4-6-18(7-5-16)21(26)27/h2-9,14,17H,10-13H2,1H3,(H,23,25)(H,26,27)/b22-14-. The molecule has 0 aromatic heterocycles. The lowest BCUT2D eigenvalue weighted by Gasteiger charge is -2.30. The zero-order valence-corrected chi connectivity index (χ0v) is 17.3. The van der Waals surface area contributed by atoms with E-state index in [1.54, 1.807) is 36.4 Å². The predicted molar refractivity (Wildman–Crippen MR) is 112 cm³/mol. The van der Waals surface area contributed by atoms with Crippen LogP contribution in [0.3, 0.4) is 0 Å². The van der Waals surface area contributed by atoms with Gasteiger partial charge in [-0.3, -0.25) is 4.79 Å². The number of carbonyl (C=O) groups excluding carboxylic acids is 1. The molecule has 158 valence electrons. The van der Waals surface area contributed by atoms with Crippen molar-refractivity contribution >= 4 is 28.1 Å². The molecule has 1 fully saturated rings. The number of hydrazone groups is 1. The monoisotopic (exact) mass is 429 g/mol. The second kappa shape index (κ2) is 9.19. The second-order valence-electron chi connectivity index (χ2n) is 7.15. The average Bonchev–Trinajstić information content (AvgIpc) is 2.74. The summed E-state index contributed by atoms with van der Waals surface area (Å²) in [5.74, 6) is -1.59. The van der Waals surface area contributed by atoms with Crippen LogP contribution in [0, 0.1) is 12.8 Å². The highest BCUT2D eigenvalue weighted by molar-refractivity contribution is 7.89. The molecule has 0 unspecified atom stereocenters. The van der Waals surface area contributed by atoms with E-state index in [2.05, 4.69) is 10.5 Å². The van der Waals surface area contributed by atoms with Gasteiger partial charge >= 0.3 is 5.97 Å². The van der Waals surface area contributed by atoms with E-state index in [0.717, 1.165) is 5.56 Å². The molecule has 0 spiro atoms. The van der Waals surface area contributed by atoms with Crippen molar-refractivity contribution < 1.29 is 23.1 Å². The Morgan fingerprint density at radius 3 is 2.23 bits per heavy atom. The van der Waals surface area contributed by atoms with Crippen LogP contribution in [0.25, 0.3) is 0 Å². The number of sulfonamides is 1. The fourth-order valence-electron chi connectivity index (χ4n) is 3.19. The maximum Gasteiger partial charge on any atom is 0.335 e. The summed E-state index contributed by atoms with van der Waals surface area (Å²) in [6, 6.07) is 12.8. The number of nitrogens with zero attached hydrogens (tertiary/aromatic N) is 2. The minimum absolute atomic E-state index is 0.170. The zero-order chi connectivity index (χ0) is 21.7. The first-order chi connectivity index (χ1) is 14.3. The Hall–Kier alpha value is -3.04. The van der Waals surface area contributed by atoms with Gasteiger partial charge in [0.25, 0.3) is 0 Å². The Kier molecular flexibility index (Phi) is 6.63. The molecule has 0 bridgehead atoms. The number of aryl methyl sites for hydroxylation is 1. The van der Waals surface area contributed by atoms with E-state index in [1.807, 2.05) is 6.92 Å². The number of carbonyl (C=O) groups is 2. The van der Waals surface area contributed by atoms with Crippen LogP contribution in [0.2, 0.25) is 0 Å². The van der Waals surface area contributed by atoms with Gasteiger partial charge in [0.1, 0.15) is 0 Å². The molecule has 2 aromatic carbocycles. The van der Waals surface area contributed by atoms with Gasteiger partial charge in [-0.25, -0.2) is 18.6 Å². The fourth-order valence-corrected chi connectivity index (χ4v) is 4.66. The Balaban J connectivity index is 1.52. The summed E-state index contributed by atoms with van der Waals surface area (Å²) in [5.41, 5.74) is 4.29. The Morgan fingerprint density at radius 1 is 1.07 bits per heavy atom. The molecule has 0 atom stereocenters. The summed E-state index contributed by atoms with van der Waals surface area (Å²) >= 11 is 0. The van der Waals surface area contributed by atoms with Gasteiger partial charge in [-0.05, 0) is 49.6 Å². The van der Waals surface area contributed by atoms with Crippen molar-refractivity contribution in [2.24, 2.45) is 11.0 Å². The number of carboxylic acids is 1. The third-order valence-electron chi connectivity index (χ3n) is 5.03. The Morgan fingerprint density at radius 2 is 1.67 bits per heavy atom. The van der Waals surface area contributed by atoms with Gasteiger partial charge in [0.2, 0.25) is 15.9 Å². The van der Waals surface area contributed by atoms with Crippen molar-refractivity contribution in [1.82, 2.24) is 9.73 Å². The molecule has 1 amide bonds. The number of piperidine rings is 1. The van der Waals surface area contributed by atoms with Gasteiger partial charge in [-0.15, -0.1) is 0 Å². The van der Waals surface area contributed by atoms with E-state index in [9.17, 15) is 18.0 Å². The summed E-state index contributed by atoms with van der Waals surface area (Å²) < 4.78 is 26.9. The number of nitrogens with one attached hydrogen (secondary N) is 1. The predicted octanol–water partition coefficient (Wildman–Crippen LogP) is 2.24. The topological polar surface area (TPSA) is 116 Å². The van der Waals surface area contributed by atoms with Crippen molar-refractivity contribution in [3.05, 3.63) is 65.2 Å². The quantitative estimate of drug-likeness (QED) is 0.540. The van der Waals surface area contributed by atoms with Crippen molar-refractivity contribution in [3.63, 3.8) is 0 Å². The summed E-state index contributed by atoms with van der Waals surface area (Å²) in [5, 5.41) is 12.8. The van der Waals surface area contributed by atoms with Crippen LogP contribution in [0.5, 0.6) is 0 Å². The molecule has 30 heavy (non-hydrogen) atoms. The molecule has 0 radical (unpaired) electrons. The average molecular weight is 429 g/mol. The lowest BCUT2D eigenvalue weighted by Crippen LogP contribution is -2.42. The molecule has 1 heterocycles. The third kappa shape index (κ3) is 5.11. The van der Waals surface area contributed by atoms with Crippen molar-refractivity contribution in [2.45, 2.75) is 24.7 Å².